The molecule has 0 aromatic heterocycles. The van der Waals surface area contributed by atoms with Crippen LogP contribution in [0.25, 0.3) is 0 Å². The lowest BCUT2D eigenvalue weighted by molar-refractivity contribution is -0.148. The number of carbonyl (C=O) groups is 1. The Morgan fingerprint density at radius 1 is 1.26 bits per heavy atom. The van der Waals surface area contributed by atoms with Crippen LogP contribution in [0.3, 0.4) is 0 Å². The van der Waals surface area contributed by atoms with Gasteiger partial charge in [-0.1, -0.05) is 26.2 Å². The SMILES string of the molecule is CNCC(C)C(=O)N1CCN(C)CC12CCCCC2. The number of piperazine rings is 1. The van der Waals surface area contributed by atoms with Crippen LogP contribution in [0.2, 0.25) is 0 Å². The maximum atomic E-state index is 12.7. The van der Waals surface area contributed by atoms with Gasteiger partial charge >= 0.3 is 0 Å². The fraction of sp³-hybridized carbons (Fsp3) is 0.933. The quantitative estimate of drug-likeness (QED) is 0.838. The van der Waals surface area contributed by atoms with Crippen LogP contribution in [0.5, 0.6) is 0 Å². The van der Waals surface area contributed by atoms with E-state index < -0.39 is 0 Å². The summed E-state index contributed by atoms with van der Waals surface area (Å²) in [4.78, 5) is 17.4. The third kappa shape index (κ3) is 3.11. The molecule has 1 saturated carbocycles. The number of likely N-dealkylation sites (N-methyl/N-ethyl adjacent to an activating group) is 1. The van der Waals surface area contributed by atoms with E-state index in [1.54, 1.807) is 0 Å². The van der Waals surface area contributed by atoms with E-state index in [1.165, 1.54) is 32.1 Å². The zero-order valence-corrected chi connectivity index (χ0v) is 12.7. The van der Waals surface area contributed by atoms with E-state index in [1.807, 2.05) is 14.0 Å². The smallest absolute Gasteiger partial charge is 0.227 e. The van der Waals surface area contributed by atoms with E-state index in [0.29, 0.717) is 5.91 Å². The molecule has 0 aromatic rings. The summed E-state index contributed by atoms with van der Waals surface area (Å²) in [6, 6.07) is 0. The molecule has 110 valence electrons. The fourth-order valence-corrected chi connectivity index (χ4v) is 3.82. The van der Waals surface area contributed by atoms with E-state index in [-0.39, 0.29) is 11.5 Å². The van der Waals surface area contributed by atoms with E-state index in [4.69, 9.17) is 0 Å². The monoisotopic (exact) mass is 267 g/mol. The molecule has 2 fully saturated rings. The van der Waals surface area contributed by atoms with Crippen molar-refractivity contribution in [3.63, 3.8) is 0 Å². The van der Waals surface area contributed by atoms with Gasteiger partial charge in [0.2, 0.25) is 5.91 Å². The number of hydrogen-bond acceptors (Lipinski definition) is 3. The van der Waals surface area contributed by atoms with Crippen LogP contribution in [0, 0.1) is 5.92 Å². The first kappa shape index (κ1) is 14.8. The molecule has 1 atom stereocenters. The van der Waals surface area contributed by atoms with E-state index in [2.05, 4.69) is 22.2 Å². The predicted molar refractivity (Wildman–Crippen MR) is 78.1 cm³/mol. The van der Waals surface area contributed by atoms with Crippen LogP contribution < -0.4 is 5.32 Å². The minimum absolute atomic E-state index is 0.0900. The van der Waals surface area contributed by atoms with Gasteiger partial charge in [0, 0.05) is 32.1 Å². The van der Waals surface area contributed by atoms with Gasteiger partial charge in [-0.2, -0.15) is 0 Å². The molecule has 0 bridgehead atoms. The second kappa shape index (κ2) is 6.23. The summed E-state index contributed by atoms with van der Waals surface area (Å²) in [5.74, 6) is 0.441. The van der Waals surface area contributed by atoms with Crippen LogP contribution >= 0.6 is 0 Å². The van der Waals surface area contributed by atoms with E-state index in [0.717, 1.165) is 26.2 Å². The Bertz CT molecular complexity index is 313. The highest BCUT2D eigenvalue weighted by Crippen LogP contribution is 2.37. The second-order valence-electron chi connectivity index (χ2n) is 6.47. The van der Waals surface area contributed by atoms with Gasteiger partial charge in [0.1, 0.15) is 0 Å². The molecule has 1 spiro atoms. The number of nitrogens with one attached hydrogen (secondary N) is 1. The average Bonchev–Trinajstić information content (AvgIpc) is 2.39. The number of rotatable bonds is 3. The minimum Gasteiger partial charge on any atom is -0.334 e. The van der Waals surface area contributed by atoms with Gasteiger partial charge in [0.25, 0.3) is 0 Å². The van der Waals surface area contributed by atoms with Crippen molar-refractivity contribution in [3.8, 4) is 0 Å². The average molecular weight is 267 g/mol. The number of carbonyl (C=O) groups excluding carboxylic acids is 1. The fourth-order valence-electron chi connectivity index (χ4n) is 3.82. The number of amides is 1. The molecule has 0 radical (unpaired) electrons. The van der Waals surface area contributed by atoms with Gasteiger partial charge in [-0.25, -0.2) is 0 Å². The third-order valence-corrected chi connectivity index (χ3v) is 4.82. The third-order valence-electron chi connectivity index (χ3n) is 4.82. The lowest BCUT2D eigenvalue weighted by Gasteiger charge is -2.53. The summed E-state index contributed by atoms with van der Waals surface area (Å²) in [5, 5.41) is 3.13. The largest absolute Gasteiger partial charge is 0.334 e. The molecule has 1 unspecified atom stereocenters. The summed E-state index contributed by atoms with van der Waals surface area (Å²) in [6.45, 7) is 5.81. The Hall–Kier alpha value is -0.610. The van der Waals surface area contributed by atoms with Crippen LogP contribution in [-0.2, 0) is 4.79 Å². The highest BCUT2D eigenvalue weighted by atomic mass is 16.2. The molecule has 2 aliphatic rings. The van der Waals surface area contributed by atoms with Crippen molar-refractivity contribution in [2.45, 2.75) is 44.6 Å². The Balaban J connectivity index is 2.13. The van der Waals surface area contributed by atoms with Crippen molar-refractivity contribution in [1.82, 2.24) is 15.1 Å². The molecule has 1 aliphatic heterocycles. The van der Waals surface area contributed by atoms with Gasteiger partial charge in [-0.05, 0) is 26.9 Å². The van der Waals surface area contributed by atoms with Crippen molar-refractivity contribution in [1.29, 1.82) is 0 Å². The van der Waals surface area contributed by atoms with Gasteiger partial charge in [0.05, 0.1) is 5.54 Å². The van der Waals surface area contributed by atoms with Gasteiger partial charge < -0.3 is 15.1 Å². The molecule has 4 heteroatoms. The predicted octanol–water partition coefficient (Wildman–Crippen LogP) is 1.32. The summed E-state index contributed by atoms with van der Waals surface area (Å²) in [7, 11) is 4.11. The molecule has 1 saturated heterocycles. The zero-order chi connectivity index (χ0) is 13.9. The molecule has 1 aliphatic carbocycles. The van der Waals surface area contributed by atoms with Crippen LogP contribution in [0.15, 0.2) is 0 Å². The van der Waals surface area contributed by atoms with E-state index >= 15 is 0 Å². The summed E-state index contributed by atoms with van der Waals surface area (Å²) in [5.41, 5.74) is 0.129. The van der Waals surface area contributed by atoms with Crippen LogP contribution in [-0.4, -0.2) is 61.5 Å². The lowest BCUT2D eigenvalue weighted by atomic mass is 9.78. The first-order valence-electron chi connectivity index (χ1n) is 7.74. The molecule has 2 rings (SSSR count). The van der Waals surface area contributed by atoms with Crippen molar-refractivity contribution < 1.29 is 4.79 Å². The van der Waals surface area contributed by atoms with Gasteiger partial charge in [0.15, 0.2) is 0 Å². The molecule has 1 amide bonds. The molecule has 1 N–H and O–H groups in total. The van der Waals surface area contributed by atoms with Gasteiger partial charge in [-0.15, -0.1) is 0 Å². The zero-order valence-electron chi connectivity index (χ0n) is 12.7. The summed E-state index contributed by atoms with van der Waals surface area (Å²) >= 11 is 0. The second-order valence-corrected chi connectivity index (χ2v) is 6.47. The minimum atomic E-state index is 0.0900. The summed E-state index contributed by atoms with van der Waals surface area (Å²) < 4.78 is 0. The Morgan fingerprint density at radius 3 is 2.58 bits per heavy atom. The Kier molecular flexibility index (Phi) is 4.85. The topological polar surface area (TPSA) is 35.6 Å². The van der Waals surface area contributed by atoms with Crippen molar-refractivity contribution >= 4 is 5.91 Å². The van der Waals surface area contributed by atoms with Crippen molar-refractivity contribution in [2.75, 3.05) is 40.3 Å². The van der Waals surface area contributed by atoms with Crippen LogP contribution in [0.1, 0.15) is 39.0 Å². The Morgan fingerprint density at radius 2 is 1.95 bits per heavy atom. The molecular weight excluding hydrogens is 238 g/mol. The maximum absolute atomic E-state index is 12.7. The standard InChI is InChI=1S/C15H29N3O/c1-13(11-16-2)14(19)18-10-9-17(3)12-15(18)7-5-4-6-8-15/h13,16H,4-12H2,1-3H3. The van der Waals surface area contributed by atoms with E-state index in [9.17, 15) is 4.79 Å². The van der Waals surface area contributed by atoms with Gasteiger partial charge in [-0.3, -0.25) is 4.79 Å². The molecule has 0 aromatic carbocycles. The summed E-state index contributed by atoms with van der Waals surface area (Å²) in [6.07, 6.45) is 6.26. The Labute approximate surface area is 117 Å². The first-order valence-corrected chi connectivity index (χ1v) is 7.74. The molecular formula is C15H29N3O. The molecule has 19 heavy (non-hydrogen) atoms. The molecule has 4 nitrogen and oxygen atoms in total. The van der Waals surface area contributed by atoms with Crippen molar-refractivity contribution in [3.05, 3.63) is 0 Å². The highest BCUT2D eigenvalue weighted by molar-refractivity contribution is 5.79. The first-order chi connectivity index (χ1) is 9.09. The lowest BCUT2D eigenvalue weighted by Crippen LogP contribution is -2.65. The number of nitrogens with zero attached hydrogens (tertiary/aromatic N) is 2. The normalized spacial score (nSPS) is 25.5. The highest BCUT2D eigenvalue weighted by Gasteiger charge is 2.44. The number of hydrogen-bond donors (Lipinski definition) is 1. The molecule has 1 heterocycles. The van der Waals surface area contributed by atoms with Crippen LogP contribution in [0.4, 0.5) is 0 Å². The van der Waals surface area contributed by atoms with Crippen molar-refractivity contribution in [2.24, 2.45) is 5.92 Å². The maximum Gasteiger partial charge on any atom is 0.227 e.